The topological polar surface area (TPSA) is 82.2 Å². The van der Waals surface area contributed by atoms with Crippen molar-refractivity contribution in [2.45, 2.75) is 62.8 Å². The highest BCUT2D eigenvalue weighted by Crippen LogP contribution is 2.41. The van der Waals surface area contributed by atoms with Gasteiger partial charge in [-0.2, -0.15) is 0 Å². The van der Waals surface area contributed by atoms with Crippen LogP contribution in [0.25, 0.3) is 0 Å². The van der Waals surface area contributed by atoms with E-state index in [-0.39, 0.29) is 36.8 Å². The first-order valence-electron chi connectivity index (χ1n) is 15.8. The lowest BCUT2D eigenvalue weighted by Gasteiger charge is -2.56. The number of aldehydes is 1. The molecule has 0 aromatic heterocycles. The molecule has 11 heteroatoms. The number of carbonyl (C=O) groups excluding carboxylic acids is 3. The zero-order valence-electron chi connectivity index (χ0n) is 25.5. The summed E-state index contributed by atoms with van der Waals surface area (Å²) in [5.74, 6) is -0.0375. The van der Waals surface area contributed by atoms with Gasteiger partial charge in [0.05, 0.1) is 10.0 Å². The first-order valence-corrected chi connectivity index (χ1v) is 16.5. The van der Waals surface area contributed by atoms with Crippen LogP contribution in [0.3, 0.4) is 0 Å². The highest BCUT2D eigenvalue weighted by atomic mass is 35.5. The molecule has 6 rings (SSSR count). The summed E-state index contributed by atoms with van der Waals surface area (Å²) in [4.78, 5) is 45.7. The maximum Gasteiger partial charge on any atom is 0.411 e. The molecule has 0 spiro atoms. The fraction of sp³-hybridized carbons (Fsp3) is 0.400. The highest BCUT2D eigenvalue weighted by molar-refractivity contribution is 6.42. The Morgan fingerprint density at radius 3 is 2.48 bits per heavy atom. The summed E-state index contributed by atoms with van der Waals surface area (Å²) in [7, 11) is 0. The molecule has 0 unspecified atom stereocenters. The van der Waals surface area contributed by atoms with Gasteiger partial charge in [-0.25, -0.2) is 14.0 Å². The molecule has 0 saturated carbocycles. The fourth-order valence-corrected chi connectivity index (χ4v) is 7.63. The van der Waals surface area contributed by atoms with Crippen molar-refractivity contribution in [3.8, 4) is 0 Å². The zero-order valence-corrected chi connectivity index (χ0v) is 27.0. The Morgan fingerprint density at radius 2 is 1.74 bits per heavy atom. The number of halogens is 3. The van der Waals surface area contributed by atoms with E-state index in [2.05, 4.69) is 10.2 Å². The van der Waals surface area contributed by atoms with Crippen molar-refractivity contribution >= 4 is 47.3 Å². The van der Waals surface area contributed by atoms with Crippen LogP contribution in [0.2, 0.25) is 10.0 Å². The lowest BCUT2D eigenvalue weighted by molar-refractivity contribution is -0.126. The normalized spacial score (nSPS) is 22.5. The molecule has 3 aromatic rings. The van der Waals surface area contributed by atoms with Gasteiger partial charge in [-0.3, -0.25) is 9.80 Å². The van der Waals surface area contributed by atoms with Crippen LogP contribution < -0.4 is 5.32 Å². The third kappa shape index (κ3) is 6.73. The van der Waals surface area contributed by atoms with Crippen LogP contribution in [-0.4, -0.2) is 71.0 Å². The molecule has 0 aliphatic carbocycles. The smallest absolute Gasteiger partial charge is 0.411 e. The van der Waals surface area contributed by atoms with E-state index in [4.69, 9.17) is 27.9 Å². The van der Waals surface area contributed by atoms with Gasteiger partial charge in [-0.1, -0.05) is 59.6 Å². The Labute approximate surface area is 278 Å². The van der Waals surface area contributed by atoms with Crippen molar-refractivity contribution in [3.05, 3.63) is 99.3 Å². The number of hydrogen-bond donors (Lipinski definition) is 1. The number of rotatable bonds is 7. The molecule has 3 aliphatic heterocycles. The molecule has 0 bridgehead atoms. The number of benzene rings is 3. The SMILES string of the molecule is O=CC[C@@]1(N2CCC(c3ccc(F)cc3)CC2)C[C@H](N2CCc3ccccc3NC2=O)CCN1C(=O)OCc1ccc(Cl)c(Cl)c1. The van der Waals surface area contributed by atoms with E-state index in [1.54, 1.807) is 23.1 Å². The average Bonchev–Trinajstić information content (AvgIpc) is 3.23. The second kappa shape index (κ2) is 14.0. The summed E-state index contributed by atoms with van der Waals surface area (Å²) in [5.41, 5.74) is 2.65. The van der Waals surface area contributed by atoms with Gasteiger partial charge in [0.25, 0.3) is 0 Å². The Hall–Kier alpha value is -3.66. The maximum absolute atomic E-state index is 13.9. The molecule has 2 fully saturated rings. The number of nitrogens with zero attached hydrogens (tertiary/aromatic N) is 3. The van der Waals surface area contributed by atoms with Crippen molar-refractivity contribution in [2.75, 3.05) is 31.5 Å². The first kappa shape index (κ1) is 32.3. The summed E-state index contributed by atoms with van der Waals surface area (Å²) in [6, 6.07) is 19.1. The summed E-state index contributed by atoms with van der Waals surface area (Å²) < 4.78 is 19.4. The molecule has 3 aliphatic rings. The highest BCUT2D eigenvalue weighted by Gasteiger charge is 2.51. The number of fused-ring (bicyclic) bond motifs is 1. The molecule has 8 nitrogen and oxygen atoms in total. The molecule has 2 atom stereocenters. The van der Waals surface area contributed by atoms with Crippen molar-refractivity contribution in [1.29, 1.82) is 0 Å². The minimum Gasteiger partial charge on any atom is -0.444 e. The number of urea groups is 1. The third-order valence-corrected chi connectivity index (χ3v) is 10.5. The predicted octanol–water partition coefficient (Wildman–Crippen LogP) is 7.49. The van der Waals surface area contributed by atoms with Crippen LogP contribution in [0.1, 0.15) is 54.7 Å². The molecule has 3 aromatic carbocycles. The second-order valence-corrected chi connectivity index (χ2v) is 13.1. The Bertz CT molecular complexity index is 1580. The summed E-state index contributed by atoms with van der Waals surface area (Å²) in [5, 5.41) is 3.85. The number of piperidine rings is 2. The van der Waals surface area contributed by atoms with Crippen molar-refractivity contribution in [1.82, 2.24) is 14.7 Å². The Morgan fingerprint density at radius 1 is 0.978 bits per heavy atom. The monoisotopic (exact) mass is 666 g/mol. The predicted molar refractivity (Wildman–Crippen MR) is 176 cm³/mol. The summed E-state index contributed by atoms with van der Waals surface area (Å²) in [6.07, 6.45) is 3.61. The fourth-order valence-electron chi connectivity index (χ4n) is 7.31. The molecule has 2 saturated heterocycles. The van der Waals surface area contributed by atoms with Gasteiger partial charge < -0.3 is 19.7 Å². The minimum absolute atomic E-state index is 0.00769. The van der Waals surface area contributed by atoms with Gasteiger partial charge >= 0.3 is 12.1 Å². The quantitative estimate of drug-likeness (QED) is 0.264. The molecular formula is C35H37Cl2FN4O4. The number of carbonyl (C=O) groups is 3. The average molecular weight is 668 g/mol. The molecule has 46 heavy (non-hydrogen) atoms. The van der Waals surface area contributed by atoms with Crippen LogP contribution in [0.15, 0.2) is 66.7 Å². The van der Waals surface area contributed by atoms with Crippen molar-refractivity contribution < 1.29 is 23.5 Å². The van der Waals surface area contributed by atoms with E-state index in [0.29, 0.717) is 61.1 Å². The number of ether oxygens (including phenoxy) is 1. The molecule has 0 radical (unpaired) electrons. The van der Waals surface area contributed by atoms with Gasteiger partial charge in [0, 0.05) is 50.7 Å². The lowest BCUT2D eigenvalue weighted by atomic mass is 9.82. The molecule has 1 N–H and O–H groups in total. The molecule has 3 amide bonds. The van der Waals surface area contributed by atoms with E-state index in [0.717, 1.165) is 35.9 Å². The number of para-hydroxylation sites is 1. The number of nitrogens with one attached hydrogen (secondary N) is 1. The number of hydrogen-bond acceptors (Lipinski definition) is 5. The van der Waals surface area contributed by atoms with Crippen LogP contribution in [0.5, 0.6) is 0 Å². The van der Waals surface area contributed by atoms with E-state index in [1.165, 1.54) is 12.1 Å². The van der Waals surface area contributed by atoms with Crippen LogP contribution >= 0.6 is 23.2 Å². The van der Waals surface area contributed by atoms with Gasteiger partial charge in [0.1, 0.15) is 24.4 Å². The Balaban J connectivity index is 1.26. The van der Waals surface area contributed by atoms with Crippen LogP contribution in [0, 0.1) is 5.82 Å². The van der Waals surface area contributed by atoms with Crippen LogP contribution in [-0.2, 0) is 22.6 Å². The first-order chi connectivity index (χ1) is 22.3. The minimum atomic E-state index is -0.993. The van der Waals surface area contributed by atoms with Gasteiger partial charge in [-0.05, 0) is 78.6 Å². The molecular weight excluding hydrogens is 630 g/mol. The van der Waals surface area contributed by atoms with Crippen molar-refractivity contribution in [2.24, 2.45) is 0 Å². The third-order valence-electron chi connectivity index (χ3n) is 9.74. The van der Waals surface area contributed by atoms with E-state index in [9.17, 15) is 18.8 Å². The standard InChI is InChI=1S/C35H37Cl2FN4O4/c36-30-10-5-24(21-31(30)37)23-46-34(45)42-19-14-29(41-18-13-27-3-1-2-4-32(27)39-33(41)44)22-35(42,15-20-43)40-16-11-26(12-17-40)25-6-8-28(38)9-7-25/h1-10,20-21,26,29H,11-19,22-23H2,(H,39,44)/t29-,35+/m1/s1. The van der Waals surface area contributed by atoms with Gasteiger partial charge in [0.2, 0.25) is 0 Å². The lowest BCUT2D eigenvalue weighted by Crippen LogP contribution is -2.69. The van der Waals surface area contributed by atoms with E-state index >= 15 is 0 Å². The Kier molecular flexibility index (Phi) is 9.82. The van der Waals surface area contributed by atoms with Crippen LogP contribution in [0.4, 0.5) is 19.7 Å². The second-order valence-electron chi connectivity index (χ2n) is 12.3. The number of amides is 3. The van der Waals surface area contributed by atoms with Crippen molar-refractivity contribution in [3.63, 3.8) is 0 Å². The molecule has 3 heterocycles. The zero-order chi connectivity index (χ0) is 32.3. The van der Waals surface area contributed by atoms with Gasteiger partial charge in [0.15, 0.2) is 0 Å². The number of anilines is 1. The van der Waals surface area contributed by atoms with E-state index in [1.807, 2.05) is 41.3 Å². The van der Waals surface area contributed by atoms with E-state index < -0.39 is 11.8 Å². The molecule has 242 valence electrons. The summed E-state index contributed by atoms with van der Waals surface area (Å²) in [6.45, 7) is 2.08. The maximum atomic E-state index is 13.9. The number of likely N-dealkylation sites (tertiary alicyclic amines) is 2. The summed E-state index contributed by atoms with van der Waals surface area (Å²) >= 11 is 12.3. The largest absolute Gasteiger partial charge is 0.444 e. The van der Waals surface area contributed by atoms with Gasteiger partial charge in [-0.15, -0.1) is 0 Å².